The Morgan fingerprint density at radius 2 is 1.24 bits per heavy atom. The van der Waals surface area contributed by atoms with Crippen molar-refractivity contribution in [3.05, 3.63) is 0 Å². The molecule has 0 aromatic rings. The van der Waals surface area contributed by atoms with Gasteiger partial charge in [0, 0.05) is 11.5 Å². The molecule has 0 aliphatic carbocycles. The van der Waals surface area contributed by atoms with Crippen LogP contribution in [0.3, 0.4) is 0 Å². The molecule has 6 heteroatoms. The van der Waals surface area contributed by atoms with Crippen molar-refractivity contribution in [1.82, 2.24) is 0 Å². The number of rotatable bonds is 10. The van der Waals surface area contributed by atoms with Crippen LogP contribution in [-0.2, 0) is 0 Å². The van der Waals surface area contributed by atoms with Gasteiger partial charge >= 0.3 is 0 Å². The molecule has 0 aliphatic rings. The van der Waals surface area contributed by atoms with E-state index >= 15 is 0 Å². The first-order valence-corrected chi connectivity index (χ1v) is 7.95. The van der Waals surface area contributed by atoms with E-state index in [0.29, 0.717) is 11.5 Å². The Morgan fingerprint density at radius 3 is 1.53 bits per heavy atom. The second-order valence-corrected chi connectivity index (χ2v) is 6.93. The highest BCUT2D eigenvalue weighted by Gasteiger charge is 2.19. The lowest BCUT2D eigenvalue weighted by atomic mass is 10.0. The average Bonchev–Trinajstić information content (AvgIpc) is 2.27. The van der Waals surface area contributed by atoms with Crippen LogP contribution in [0.1, 0.15) is 13.8 Å². The third kappa shape index (κ3) is 10.2. The largest absolute Gasteiger partial charge is 0.394 e. The van der Waals surface area contributed by atoms with Gasteiger partial charge in [-0.15, -0.1) is 0 Å². The molecule has 0 saturated heterocycles. The van der Waals surface area contributed by atoms with E-state index in [1.54, 1.807) is 23.5 Å². The summed E-state index contributed by atoms with van der Waals surface area (Å²) in [6.45, 7) is 3.88. The second-order valence-electron chi connectivity index (χ2n) is 4.87. The molecule has 0 amide bonds. The monoisotopic (exact) mass is 284 g/mol. The van der Waals surface area contributed by atoms with Crippen LogP contribution in [0.5, 0.6) is 0 Å². The number of aliphatic hydroxyl groups is 4. The van der Waals surface area contributed by atoms with Crippen molar-refractivity contribution in [2.24, 2.45) is 5.41 Å². The maximum atomic E-state index is 9.20. The maximum absolute atomic E-state index is 9.20. The molecule has 4 nitrogen and oxygen atoms in total. The molecule has 0 fully saturated rings. The van der Waals surface area contributed by atoms with Gasteiger partial charge in [-0.05, 0) is 16.9 Å². The summed E-state index contributed by atoms with van der Waals surface area (Å²) in [6, 6.07) is 0. The van der Waals surface area contributed by atoms with E-state index in [-0.39, 0.29) is 18.6 Å². The highest BCUT2D eigenvalue weighted by molar-refractivity contribution is 8.00. The first kappa shape index (κ1) is 17.5. The quantitative estimate of drug-likeness (QED) is 0.458. The average molecular weight is 284 g/mol. The zero-order valence-corrected chi connectivity index (χ0v) is 12.1. The van der Waals surface area contributed by atoms with E-state index in [1.807, 2.05) is 0 Å². The molecule has 2 atom stereocenters. The zero-order chi connectivity index (χ0) is 13.3. The van der Waals surface area contributed by atoms with Crippen molar-refractivity contribution in [1.29, 1.82) is 0 Å². The molecule has 17 heavy (non-hydrogen) atoms. The van der Waals surface area contributed by atoms with Crippen molar-refractivity contribution in [3.8, 4) is 0 Å². The van der Waals surface area contributed by atoms with Crippen molar-refractivity contribution < 1.29 is 20.4 Å². The second kappa shape index (κ2) is 9.47. The molecule has 2 unspecified atom stereocenters. The Bertz CT molecular complexity index is 172. The van der Waals surface area contributed by atoms with E-state index in [1.165, 1.54) is 0 Å². The van der Waals surface area contributed by atoms with Crippen LogP contribution in [0, 0.1) is 5.41 Å². The fourth-order valence-electron chi connectivity index (χ4n) is 1.09. The van der Waals surface area contributed by atoms with Crippen LogP contribution in [-0.4, -0.2) is 68.9 Å². The fourth-order valence-corrected chi connectivity index (χ4v) is 3.52. The molecule has 0 aromatic carbocycles. The summed E-state index contributed by atoms with van der Waals surface area (Å²) in [4.78, 5) is 0. The number of hydrogen-bond acceptors (Lipinski definition) is 6. The summed E-state index contributed by atoms with van der Waals surface area (Å²) in [7, 11) is 0. The third-order valence-corrected chi connectivity index (χ3v) is 5.24. The molecule has 4 N–H and O–H groups in total. The SMILES string of the molecule is CC(C)(CSCC(O)CO)CSCC(O)CO. The van der Waals surface area contributed by atoms with Gasteiger partial charge in [0.25, 0.3) is 0 Å². The van der Waals surface area contributed by atoms with Crippen LogP contribution in [0.4, 0.5) is 0 Å². The van der Waals surface area contributed by atoms with Gasteiger partial charge in [-0.3, -0.25) is 0 Å². The molecule has 0 bridgehead atoms. The Balaban J connectivity index is 3.65. The highest BCUT2D eigenvalue weighted by Crippen LogP contribution is 2.27. The van der Waals surface area contributed by atoms with Gasteiger partial charge < -0.3 is 20.4 Å². The lowest BCUT2D eigenvalue weighted by molar-refractivity contribution is 0.113. The number of hydrogen-bond donors (Lipinski definition) is 4. The van der Waals surface area contributed by atoms with Gasteiger partial charge in [0.15, 0.2) is 0 Å². The molecule has 0 heterocycles. The first-order chi connectivity index (χ1) is 7.91. The minimum Gasteiger partial charge on any atom is -0.394 e. The van der Waals surface area contributed by atoms with E-state index in [9.17, 15) is 10.2 Å². The topological polar surface area (TPSA) is 80.9 Å². The molecular weight excluding hydrogens is 260 g/mol. The predicted octanol–water partition coefficient (Wildman–Crippen LogP) is 0.185. The predicted molar refractivity (Wildman–Crippen MR) is 74.6 cm³/mol. The van der Waals surface area contributed by atoms with E-state index in [0.717, 1.165) is 11.5 Å². The van der Waals surface area contributed by atoms with Crippen molar-refractivity contribution in [2.45, 2.75) is 26.1 Å². The van der Waals surface area contributed by atoms with E-state index in [2.05, 4.69) is 13.8 Å². The molecule has 0 aromatic heterocycles. The summed E-state index contributed by atoms with van der Waals surface area (Å²) < 4.78 is 0. The fraction of sp³-hybridized carbons (Fsp3) is 1.00. The van der Waals surface area contributed by atoms with Crippen LogP contribution in [0.15, 0.2) is 0 Å². The van der Waals surface area contributed by atoms with Gasteiger partial charge in [0.05, 0.1) is 25.4 Å². The zero-order valence-electron chi connectivity index (χ0n) is 10.5. The maximum Gasteiger partial charge on any atom is 0.0861 e. The molecule has 0 radical (unpaired) electrons. The summed E-state index contributed by atoms with van der Waals surface area (Å²) in [6.07, 6.45) is -1.28. The van der Waals surface area contributed by atoms with E-state index in [4.69, 9.17) is 10.2 Å². The van der Waals surface area contributed by atoms with Gasteiger partial charge in [-0.1, -0.05) is 13.8 Å². The summed E-state index contributed by atoms with van der Waals surface area (Å²) in [5, 5.41) is 35.7. The van der Waals surface area contributed by atoms with Crippen molar-refractivity contribution in [3.63, 3.8) is 0 Å². The molecule has 0 aliphatic heterocycles. The van der Waals surface area contributed by atoms with Crippen LogP contribution < -0.4 is 0 Å². The standard InChI is InChI=1S/C11H24O4S2/c1-11(2,7-16-5-9(14)3-12)8-17-6-10(15)4-13/h9-10,12-15H,3-8H2,1-2H3. The lowest BCUT2D eigenvalue weighted by Gasteiger charge is -2.24. The van der Waals surface area contributed by atoms with Crippen LogP contribution >= 0.6 is 23.5 Å². The molecule has 0 saturated carbocycles. The van der Waals surface area contributed by atoms with Gasteiger partial charge in [0.1, 0.15) is 0 Å². The Hall–Kier alpha value is 0.540. The molecule has 0 rings (SSSR count). The van der Waals surface area contributed by atoms with Crippen LogP contribution in [0.2, 0.25) is 0 Å². The lowest BCUT2D eigenvalue weighted by Crippen LogP contribution is -2.23. The smallest absolute Gasteiger partial charge is 0.0861 e. The Morgan fingerprint density at radius 1 is 0.882 bits per heavy atom. The first-order valence-electron chi connectivity index (χ1n) is 5.64. The highest BCUT2D eigenvalue weighted by atomic mass is 32.2. The normalized spacial score (nSPS) is 15.9. The van der Waals surface area contributed by atoms with Gasteiger partial charge in [-0.2, -0.15) is 23.5 Å². The third-order valence-electron chi connectivity index (χ3n) is 2.03. The minimum absolute atomic E-state index is 0.111. The van der Waals surface area contributed by atoms with Crippen molar-refractivity contribution >= 4 is 23.5 Å². The summed E-state index contributed by atoms with van der Waals surface area (Å²) >= 11 is 3.24. The molecular formula is C11H24O4S2. The summed E-state index contributed by atoms with van der Waals surface area (Å²) in [5.41, 5.74) is 0.111. The minimum atomic E-state index is -0.639. The number of aliphatic hydroxyl groups excluding tert-OH is 4. The van der Waals surface area contributed by atoms with Gasteiger partial charge in [0.2, 0.25) is 0 Å². The number of thioether (sulfide) groups is 2. The van der Waals surface area contributed by atoms with Crippen molar-refractivity contribution in [2.75, 3.05) is 36.2 Å². The molecule has 0 spiro atoms. The molecule has 104 valence electrons. The van der Waals surface area contributed by atoms with E-state index < -0.39 is 12.2 Å². The van der Waals surface area contributed by atoms with Crippen LogP contribution in [0.25, 0.3) is 0 Å². The summed E-state index contributed by atoms with van der Waals surface area (Å²) in [5.74, 6) is 2.88. The van der Waals surface area contributed by atoms with Gasteiger partial charge in [-0.25, -0.2) is 0 Å². The Labute approximate surface area is 112 Å². The Kier molecular flexibility index (Phi) is 9.77.